The fourth-order valence-corrected chi connectivity index (χ4v) is 4.97. The van der Waals surface area contributed by atoms with E-state index in [2.05, 4.69) is 32.6 Å². The number of tetrazole rings is 1. The predicted octanol–water partition coefficient (Wildman–Crippen LogP) is 5.40. The van der Waals surface area contributed by atoms with Crippen molar-refractivity contribution in [1.82, 2.24) is 25.1 Å². The number of likely N-dealkylation sites (tertiary alicyclic amines) is 1. The molecule has 0 saturated carbocycles. The Kier molecular flexibility index (Phi) is 12.6. The van der Waals surface area contributed by atoms with E-state index in [1.807, 2.05) is 0 Å². The first-order chi connectivity index (χ1) is 18.6. The Bertz CT molecular complexity index is 951. The molecular weight excluding hydrogens is 484 g/mol. The topological polar surface area (TPSA) is 104 Å². The van der Waals surface area contributed by atoms with Crippen molar-refractivity contribution < 1.29 is 19.0 Å². The number of benzene rings is 1. The molecule has 0 radical (unpaired) electrons. The van der Waals surface area contributed by atoms with Gasteiger partial charge in [-0.1, -0.05) is 64.7 Å². The Morgan fingerprint density at radius 1 is 0.895 bits per heavy atom. The van der Waals surface area contributed by atoms with Gasteiger partial charge in [0.1, 0.15) is 22.9 Å². The van der Waals surface area contributed by atoms with Gasteiger partial charge in [-0.05, 0) is 37.6 Å². The first kappa shape index (κ1) is 29.7. The molecule has 1 fully saturated rings. The van der Waals surface area contributed by atoms with Crippen LogP contribution in [-0.4, -0.2) is 65.4 Å². The van der Waals surface area contributed by atoms with Gasteiger partial charge in [-0.2, -0.15) is 4.80 Å². The van der Waals surface area contributed by atoms with Crippen molar-refractivity contribution in [2.75, 3.05) is 39.7 Å². The van der Waals surface area contributed by atoms with Crippen LogP contribution >= 0.6 is 0 Å². The first-order valence-corrected chi connectivity index (χ1v) is 14.2. The standard InChI is InChI=1S/C28H46N6O4/c1-5-6-7-8-9-10-11-12-13-14-19-34-31-27(30-32-34)26(33-17-15-16-18-33)28(35)29-25-23(37-3)20-22(36-2)21-24(25)38-4/h20-21,26H,5-19H2,1-4H3,(H,29,35). The molecule has 3 rings (SSSR count). The van der Waals surface area contributed by atoms with Gasteiger partial charge in [0.15, 0.2) is 6.04 Å². The smallest absolute Gasteiger partial charge is 0.250 e. The minimum atomic E-state index is -0.643. The van der Waals surface area contributed by atoms with Crippen LogP contribution in [0.2, 0.25) is 0 Å². The van der Waals surface area contributed by atoms with E-state index in [1.54, 1.807) is 38.3 Å². The second kappa shape index (κ2) is 16.2. The van der Waals surface area contributed by atoms with Crippen molar-refractivity contribution in [3.63, 3.8) is 0 Å². The molecule has 0 spiro atoms. The third-order valence-corrected chi connectivity index (χ3v) is 7.14. The molecular formula is C28H46N6O4. The molecule has 2 aromatic rings. The van der Waals surface area contributed by atoms with Crippen molar-refractivity contribution in [1.29, 1.82) is 0 Å². The number of carbonyl (C=O) groups is 1. The number of nitrogens with zero attached hydrogens (tertiary/aromatic N) is 5. The van der Waals surface area contributed by atoms with E-state index in [1.165, 1.54) is 51.4 Å². The fraction of sp³-hybridized carbons (Fsp3) is 0.714. The molecule has 1 atom stereocenters. The molecule has 0 bridgehead atoms. The molecule has 1 aromatic heterocycles. The summed E-state index contributed by atoms with van der Waals surface area (Å²) in [5.74, 6) is 1.65. The number of nitrogens with one attached hydrogen (secondary N) is 1. The average Bonchev–Trinajstić information content (AvgIpc) is 3.63. The third kappa shape index (κ3) is 8.58. The highest BCUT2D eigenvalue weighted by atomic mass is 16.5. The Morgan fingerprint density at radius 3 is 2.03 bits per heavy atom. The highest BCUT2D eigenvalue weighted by Gasteiger charge is 2.34. The number of amides is 1. The lowest BCUT2D eigenvalue weighted by Crippen LogP contribution is -2.36. The molecule has 212 valence electrons. The highest BCUT2D eigenvalue weighted by Crippen LogP contribution is 2.39. The summed E-state index contributed by atoms with van der Waals surface area (Å²) < 4.78 is 16.3. The quantitative estimate of drug-likeness (QED) is 0.256. The van der Waals surface area contributed by atoms with E-state index < -0.39 is 6.04 Å². The van der Waals surface area contributed by atoms with Crippen molar-refractivity contribution in [3.05, 3.63) is 18.0 Å². The van der Waals surface area contributed by atoms with Gasteiger partial charge < -0.3 is 19.5 Å². The molecule has 38 heavy (non-hydrogen) atoms. The molecule has 1 aliphatic heterocycles. The number of methoxy groups -OCH3 is 3. The number of carbonyl (C=O) groups excluding carboxylic acids is 1. The highest BCUT2D eigenvalue weighted by molar-refractivity contribution is 5.98. The number of unbranched alkanes of at least 4 members (excludes halogenated alkanes) is 9. The fourth-order valence-electron chi connectivity index (χ4n) is 4.97. The zero-order valence-electron chi connectivity index (χ0n) is 23.7. The van der Waals surface area contributed by atoms with Crippen molar-refractivity contribution in [2.45, 2.75) is 96.6 Å². The minimum absolute atomic E-state index is 0.243. The Hall–Kier alpha value is -2.88. The van der Waals surface area contributed by atoms with Crippen LogP contribution in [-0.2, 0) is 11.3 Å². The maximum absolute atomic E-state index is 13.6. The normalized spacial score (nSPS) is 14.4. The second-order valence-corrected chi connectivity index (χ2v) is 9.97. The van der Waals surface area contributed by atoms with Crippen LogP contribution < -0.4 is 19.5 Å². The molecule has 10 heteroatoms. The Balaban J connectivity index is 1.59. The van der Waals surface area contributed by atoms with Gasteiger partial charge in [0, 0.05) is 12.1 Å². The van der Waals surface area contributed by atoms with E-state index in [-0.39, 0.29) is 5.91 Å². The molecule has 2 heterocycles. The summed E-state index contributed by atoms with van der Waals surface area (Å²) >= 11 is 0. The zero-order valence-corrected chi connectivity index (χ0v) is 23.7. The maximum atomic E-state index is 13.6. The number of aromatic nitrogens is 4. The van der Waals surface area contributed by atoms with Gasteiger partial charge >= 0.3 is 0 Å². The monoisotopic (exact) mass is 530 g/mol. The van der Waals surface area contributed by atoms with E-state index >= 15 is 0 Å². The van der Waals surface area contributed by atoms with Crippen molar-refractivity contribution in [3.8, 4) is 17.2 Å². The number of aryl methyl sites for hydroxylation is 1. The molecule has 10 nitrogen and oxygen atoms in total. The predicted molar refractivity (Wildman–Crippen MR) is 148 cm³/mol. The van der Waals surface area contributed by atoms with Crippen LogP contribution in [0.15, 0.2) is 12.1 Å². The SMILES string of the molecule is CCCCCCCCCCCCn1nnc(C(C(=O)Nc2c(OC)cc(OC)cc2OC)N2CCCC2)n1. The molecule has 1 amide bonds. The molecule has 1 N–H and O–H groups in total. The van der Waals surface area contributed by atoms with Crippen LogP contribution in [0, 0.1) is 0 Å². The zero-order chi connectivity index (χ0) is 27.2. The van der Waals surface area contributed by atoms with E-state index in [0.717, 1.165) is 38.8 Å². The number of hydrogen-bond acceptors (Lipinski definition) is 8. The lowest BCUT2D eigenvalue weighted by molar-refractivity contribution is -0.121. The van der Waals surface area contributed by atoms with Crippen LogP contribution in [0.3, 0.4) is 0 Å². The number of hydrogen-bond donors (Lipinski definition) is 1. The molecule has 1 saturated heterocycles. The summed E-state index contributed by atoms with van der Waals surface area (Å²) in [5.41, 5.74) is 0.447. The summed E-state index contributed by atoms with van der Waals surface area (Å²) in [4.78, 5) is 17.4. The number of anilines is 1. The van der Waals surface area contributed by atoms with Crippen LogP contribution in [0.25, 0.3) is 0 Å². The molecule has 0 aliphatic carbocycles. The van der Waals surface area contributed by atoms with Gasteiger partial charge in [0.2, 0.25) is 11.7 Å². The number of rotatable bonds is 18. The summed E-state index contributed by atoms with van der Waals surface area (Å²) in [6.45, 7) is 4.58. The summed E-state index contributed by atoms with van der Waals surface area (Å²) in [6, 6.07) is 2.78. The van der Waals surface area contributed by atoms with Crippen molar-refractivity contribution in [2.24, 2.45) is 0 Å². The van der Waals surface area contributed by atoms with Crippen LogP contribution in [0.5, 0.6) is 17.2 Å². The Morgan fingerprint density at radius 2 is 1.47 bits per heavy atom. The molecule has 1 unspecified atom stereocenters. The first-order valence-electron chi connectivity index (χ1n) is 14.2. The van der Waals surface area contributed by atoms with Crippen LogP contribution in [0.1, 0.15) is 95.8 Å². The minimum Gasteiger partial charge on any atom is -0.496 e. The third-order valence-electron chi connectivity index (χ3n) is 7.14. The molecule has 1 aromatic carbocycles. The second-order valence-electron chi connectivity index (χ2n) is 9.97. The lowest BCUT2D eigenvalue weighted by atomic mass is 10.1. The average molecular weight is 531 g/mol. The Labute approximate surface area is 227 Å². The lowest BCUT2D eigenvalue weighted by Gasteiger charge is -2.24. The van der Waals surface area contributed by atoms with Gasteiger partial charge in [-0.25, -0.2) is 0 Å². The summed E-state index contributed by atoms with van der Waals surface area (Å²) in [5, 5.41) is 16.2. The summed E-state index contributed by atoms with van der Waals surface area (Å²) in [6.07, 6.45) is 14.8. The van der Waals surface area contributed by atoms with E-state index in [4.69, 9.17) is 14.2 Å². The van der Waals surface area contributed by atoms with Crippen LogP contribution in [0.4, 0.5) is 5.69 Å². The van der Waals surface area contributed by atoms with E-state index in [0.29, 0.717) is 35.3 Å². The maximum Gasteiger partial charge on any atom is 0.250 e. The largest absolute Gasteiger partial charge is 0.496 e. The van der Waals surface area contributed by atoms with Gasteiger partial charge in [0.05, 0.1) is 27.9 Å². The summed E-state index contributed by atoms with van der Waals surface area (Å²) in [7, 11) is 4.66. The van der Waals surface area contributed by atoms with Gasteiger partial charge in [-0.3, -0.25) is 9.69 Å². The van der Waals surface area contributed by atoms with Gasteiger partial charge in [-0.15, -0.1) is 10.2 Å². The molecule has 1 aliphatic rings. The van der Waals surface area contributed by atoms with E-state index in [9.17, 15) is 4.79 Å². The van der Waals surface area contributed by atoms with Gasteiger partial charge in [0.25, 0.3) is 0 Å². The van der Waals surface area contributed by atoms with Crippen molar-refractivity contribution >= 4 is 11.6 Å². The number of ether oxygens (including phenoxy) is 3.